The highest BCUT2D eigenvalue weighted by Crippen LogP contribution is 2.22. The van der Waals surface area contributed by atoms with Crippen LogP contribution in [0.5, 0.6) is 11.5 Å². The minimum atomic E-state index is -0.756. The van der Waals surface area contributed by atoms with Gasteiger partial charge in [0.15, 0.2) is 11.6 Å². The number of phenols is 1. The third-order valence-corrected chi connectivity index (χ3v) is 2.49. The summed E-state index contributed by atoms with van der Waals surface area (Å²) in [6, 6.07) is 3.40. The maximum Gasteiger partial charge on any atom is 0.415 e. The average molecular weight is 240 g/mol. The Morgan fingerprint density at radius 2 is 2.12 bits per heavy atom. The van der Waals surface area contributed by atoms with Crippen LogP contribution in [0.3, 0.4) is 0 Å². The molecule has 1 saturated heterocycles. The van der Waals surface area contributed by atoms with E-state index in [1.54, 1.807) is 0 Å². The van der Waals surface area contributed by atoms with Crippen molar-refractivity contribution in [3.63, 3.8) is 0 Å². The van der Waals surface area contributed by atoms with Crippen LogP contribution in [0.15, 0.2) is 18.2 Å². The Morgan fingerprint density at radius 1 is 1.41 bits per heavy atom. The van der Waals surface area contributed by atoms with Gasteiger partial charge in [0.25, 0.3) is 0 Å². The van der Waals surface area contributed by atoms with Crippen molar-refractivity contribution >= 4 is 6.09 Å². The number of nitrogens with one attached hydrogen (secondary N) is 1. The molecule has 1 aromatic rings. The van der Waals surface area contributed by atoms with E-state index in [4.69, 9.17) is 9.84 Å². The van der Waals surface area contributed by atoms with Crippen molar-refractivity contribution in [2.75, 3.05) is 26.2 Å². The molecule has 0 bridgehead atoms. The highest BCUT2D eigenvalue weighted by atomic mass is 19.1. The number of hydrogen-bond donors (Lipinski definition) is 2. The van der Waals surface area contributed by atoms with Gasteiger partial charge in [-0.05, 0) is 12.1 Å². The summed E-state index contributed by atoms with van der Waals surface area (Å²) in [6.45, 7) is 2.48. The minimum absolute atomic E-state index is 0.175. The van der Waals surface area contributed by atoms with E-state index in [9.17, 15) is 9.18 Å². The third kappa shape index (κ3) is 2.85. The number of carbonyl (C=O) groups is 1. The van der Waals surface area contributed by atoms with E-state index in [0.29, 0.717) is 26.2 Å². The molecule has 2 rings (SSSR count). The predicted molar refractivity (Wildman–Crippen MR) is 58.5 cm³/mol. The molecule has 5 nitrogen and oxygen atoms in total. The third-order valence-electron chi connectivity index (χ3n) is 2.49. The van der Waals surface area contributed by atoms with E-state index < -0.39 is 11.9 Å². The number of nitrogens with zero attached hydrogens (tertiary/aromatic N) is 1. The van der Waals surface area contributed by atoms with Crippen molar-refractivity contribution in [1.82, 2.24) is 10.2 Å². The molecule has 0 saturated carbocycles. The van der Waals surface area contributed by atoms with Crippen LogP contribution < -0.4 is 10.1 Å². The number of halogens is 1. The molecule has 1 fully saturated rings. The van der Waals surface area contributed by atoms with Gasteiger partial charge in [-0.2, -0.15) is 0 Å². The Hall–Kier alpha value is -1.82. The Morgan fingerprint density at radius 3 is 2.76 bits per heavy atom. The molecule has 6 heteroatoms. The number of hydrogen-bond acceptors (Lipinski definition) is 4. The number of carbonyl (C=O) groups excluding carboxylic acids is 1. The van der Waals surface area contributed by atoms with E-state index in [-0.39, 0.29) is 11.5 Å². The second kappa shape index (κ2) is 5.01. The first-order chi connectivity index (χ1) is 8.16. The number of ether oxygens (including phenoxy) is 1. The Kier molecular flexibility index (Phi) is 3.43. The summed E-state index contributed by atoms with van der Waals surface area (Å²) >= 11 is 0. The SMILES string of the molecule is O=C(Oc1ccc(O)cc1F)N1CCNCC1. The van der Waals surface area contributed by atoms with Gasteiger partial charge >= 0.3 is 6.09 Å². The van der Waals surface area contributed by atoms with Gasteiger partial charge in [-0.3, -0.25) is 0 Å². The molecule has 1 aliphatic rings. The van der Waals surface area contributed by atoms with Gasteiger partial charge in [-0.25, -0.2) is 9.18 Å². The topological polar surface area (TPSA) is 61.8 Å². The number of piperazine rings is 1. The Bertz CT molecular complexity index is 419. The first-order valence-electron chi connectivity index (χ1n) is 5.33. The largest absolute Gasteiger partial charge is 0.508 e. The van der Waals surface area contributed by atoms with E-state index in [0.717, 1.165) is 6.07 Å². The first-order valence-corrected chi connectivity index (χ1v) is 5.33. The van der Waals surface area contributed by atoms with Gasteiger partial charge in [0, 0.05) is 32.2 Å². The molecule has 2 N–H and O–H groups in total. The van der Waals surface area contributed by atoms with Crippen LogP contribution in [0.1, 0.15) is 0 Å². The normalized spacial score (nSPS) is 15.7. The molecular weight excluding hydrogens is 227 g/mol. The van der Waals surface area contributed by atoms with Crippen LogP contribution in [0.2, 0.25) is 0 Å². The van der Waals surface area contributed by atoms with Crippen LogP contribution in [-0.4, -0.2) is 42.3 Å². The van der Waals surface area contributed by atoms with Crippen LogP contribution in [-0.2, 0) is 0 Å². The molecule has 1 heterocycles. The number of phenolic OH excluding ortho intramolecular Hbond substituents is 1. The number of aromatic hydroxyl groups is 1. The maximum absolute atomic E-state index is 13.3. The predicted octanol–water partition coefficient (Wildman–Crippen LogP) is 0.935. The Labute approximate surface area is 97.8 Å². The van der Waals surface area contributed by atoms with Gasteiger partial charge in [-0.15, -0.1) is 0 Å². The number of amides is 1. The van der Waals surface area contributed by atoms with Crippen molar-refractivity contribution in [1.29, 1.82) is 0 Å². The van der Waals surface area contributed by atoms with Crippen molar-refractivity contribution in [3.8, 4) is 11.5 Å². The van der Waals surface area contributed by atoms with Crippen LogP contribution in [0.25, 0.3) is 0 Å². The second-order valence-corrected chi connectivity index (χ2v) is 3.72. The average Bonchev–Trinajstić information content (AvgIpc) is 2.34. The molecule has 92 valence electrons. The molecular formula is C11H13FN2O3. The highest BCUT2D eigenvalue weighted by molar-refractivity contribution is 5.71. The second-order valence-electron chi connectivity index (χ2n) is 3.72. The molecule has 0 radical (unpaired) electrons. The van der Waals surface area contributed by atoms with Crippen LogP contribution >= 0.6 is 0 Å². The van der Waals surface area contributed by atoms with Crippen molar-refractivity contribution in [2.24, 2.45) is 0 Å². The lowest BCUT2D eigenvalue weighted by molar-refractivity contribution is 0.144. The summed E-state index contributed by atoms with van der Waals surface area (Å²) in [4.78, 5) is 13.2. The molecule has 1 amide bonds. The van der Waals surface area contributed by atoms with Gasteiger partial charge in [0.05, 0.1) is 0 Å². The lowest BCUT2D eigenvalue weighted by Crippen LogP contribution is -2.47. The summed E-state index contributed by atoms with van der Waals surface area (Å²) in [5, 5.41) is 12.1. The summed E-state index contributed by atoms with van der Waals surface area (Å²) in [5.41, 5.74) is 0. The van der Waals surface area contributed by atoms with E-state index in [1.807, 2.05) is 0 Å². The number of rotatable bonds is 1. The van der Waals surface area contributed by atoms with Gasteiger partial charge in [0.1, 0.15) is 5.75 Å². The first kappa shape index (κ1) is 11.7. The lowest BCUT2D eigenvalue weighted by atomic mass is 10.3. The summed E-state index contributed by atoms with van der Waals surface area (Å²) in [7, 11) is 0. The van der Waals surface area contributed by atoms with Crippen LogP contribution in [0, 0.1) is 5.82 Å². The summed E-state index contributed by atoms with van der Waals surface area (Å²) in [6.07, 6.45) is -0.573. The monoisotopic (exact) mass is 240 g/mol. The van der Waals surface area contributed by atoms with Gasteiger partial charge in [0.2, 0.25) is 0 Å². The van der Waals surface area contributed by atoms with E-state index in [1.165, 1.54) is 17.0 Å². The van der Waals surface area contributed by atoms with Crippen LogP contribution in [0.4, 0.5) is 9.18 Å². The fourth-order valence-corrected chi connectivity index (χ4v) is 1.58. The standard InChI is InChI=1S/C11H13FN2O3/c12-9-7-8(15)1-2-10(9)17-11(16)14-5-3-13-4-6-14/h1-2,7,13,15H,3-6H2. The quantitative estimate of drug-likeness (QED) is 0.766. The summed E-state index contributed by atoms with van der Waals surface area (Å²) in [5.74, 6) is -1.13. The molecule has 0 spiro atoms. The zero-order valence-corrected chi connectivity index (χ0v) is 9.15. The zero-order chi connectivity index (χ0) is 12.3. The zero-order valence-electron chi connectivity index (χ0n) is 9.15. The van der Waals surface area contributed by atoms with Gasteiger partial charge < -0.3 is 20.1 Å². The van der Waals surface area contributed by atoms with Gasteiger partial charge in [-0.1, -0.05) is 0 Å². The molecule has 1 aliphatic heterocycles. The minimum Gasteiger partial charge on any atom is -0.508 e. The fraction of sp³-hybridized carbons (Fsp3) is 0.364. The molecule has 0 unspecified atom stereocenters. The molecule has 0 aromatic heterocycles. The van der Waals surface area contributed by atoms with E-state index in [2.05, 4.69) is 5.32 Å². The molecule has 1 aromatic carbocycles. The smallest absolute Gasteiger partial charge is 0.415 e. The Balaban J connectivity index is 2.02. The lowest BCUT2D eigenvalue weighted by Gasteiger charge is -2.26. The van der Waals surface area contributed by atoms with Crippen molar-refractivity contribution in [3.05, 3.63) is 24.0 Å². The fourth-order valence-electron chi connectivity index (χ4n) is 1.58. The van der Waals surface area contributed by atoms with E-state index >= 15 is 0 Å². The highest BCUT2D eigenvalue weighted by Gasteiger charge is 2.19. The summed E-state index contributed by atoms with van der Waals surface area (Å²) < 4.78 is 18.2. The maximum atomic E-state index is 13.3. The molecule has 0 atom stereocenters. The molecule has 17 heavy (non-hydrogen) atoms. The van der Waals surface area contributed by atoms with Crippen molar-refractivity contribution < 1.29 is 19.0 Å². The number of benzene rings is 1. The van der Waals surface area contributed by atoms with Crippen molar-refractivity contribution in [2.45, 2.75) is 0 Å². The molecule has 0 aliphatic carbocycles.